The van der Waals surface area contributed by atoms with Crippen LogP contribution in [0.4, 0.5) is 11.5 Å². The van der Waals surface area contributed by atoms with E-state index in [4.69, 9.17) is 15.7 Å². The number of nitrogens with zero attached hydrogens (tertiary/aromatic N) is 4. The Hall–Kier alpha value is -6.10. The smallest absolute Gasteiger partial charge is 0.228 e. The van der Waals surface area contributed by atoms with E-state index < -0.39 is 0 Å². The van der Waals surface area contributed by atoms with Crippen LogP contribution in [-0.2, 0) is 20.8 Å². The maximum absolute atomic E-state index is 12.7. The van der Waals surface area contributed by atoms with Crippen LogP contribution >= 0.6 is 0 Å². The van der Waals surface area contributed by atoms with Crippen LogP contribution in [0.1, 0.15) is 26.3 Å². The highest BCUT2D eigenvalue weighted by molar-refractivity contribution is 5.90. The Morgan fingerprint density at radius 3 is 2.40 bits per heavy atom. The van der Waals surface area contributed by atoms with Crippen LogP contribution in [0.3, 0.4) is 0 Å². The molecule has 11 nitrogen and oxygen atoms in total. The fraction of sp³-hybridized carbons (Fsp3) is 0.118. The largest absolute Gasteiger partial charge is 0.383 e. The van der Waals surface area contributed by atoms with Crippen LogP contribution in [0.15, 0.2) is 103 Å². The molecule has 3 amide bonds. The summed E-state index contributed by atoms with van der Waals surface area (Å²) in [5.41, 5.74) is 12.8. The van der Waals surface area contributed by atoms with E-state index in [1.807, 2.05) is 71.3 Å². The van der Waals surface area contributed by atoms with E-state index in [2.05, 4.69) is 27.5 Å². The average Bonchev–Trinajstić information content (AvgIpc) is 3.35. The van der Waals surface area contributed by atoms with Crippen molar-refractivity contribution in [3.05, 3.63) is 109 Å². The zero-order valence-electron chi connectivity index (χ0n) is 25.1. The van der Waals surface area contributed by atoms with Gasteiger partial charge in [-0.2, -0.15) is 0 Å². The first kappa shape index (κ1) is 30.4. The zero-order valence-corrected chi connectivity index (χ0v) is 25.1. The summed E-state index contributed by atoms with van der Waals surface area (Å²) in [6.45, 7) is 8.43. The molecule has 0 saturated heterocycles. The van der Waals surface area contributed by atoms with E-state index >= 15 is 0 Å². The van der Waals surface area contributed by atoms with Crippen LogP contribution < -0.4 is 21.7 Å². The van der Waals surface area contributed by atoms with Gasteiger partial charge in [0.15, 0.2) is 11.5 Å². The second kappa shape index (κ2) is 13.0. The third-order valence-corrected chi connectivity index (χ3v) is 6.69. The van der Waals surface area contributed by atoms with Gasteiger partial charge < -0.3 is 21.7 Å². The molecule has 0 aliphatic heterocycles. The molecule has 2 aromatic carbocycles. The van der Waals surface area contributed by atoms with Gasteiger partial charge >= 0.3 is 0 Å². The molecule has 5 N–H and O–H groups in total. The summed E-state index contributed by atoms with van der Waals surface area (Å²) in [6.07, 6.45) is 3.33. The molecule has 0 unspecified atom stereocenters. The van der Waals surface area contributed by atoms with Gasteiger partial charge in [0.2, 0.25) is 17.7 Å². The summed E-state index contributed by atoms with van der Waals surface area (Å²) >= 11 is 0. The molecule has 0 aliphatic rings. The molecule has 3 aromatic heterocycles. The number of hydrogen-bond donors (Lipinski definition) is 4. The number of nitrogen functional groups attached to an aromatic ring is 1. The quantitative estimate of drug-likeness (QED) is 0.175. The third kappa shape index (κ3) is 7.28. The van der Waals surface area contributed by atoms with Gasteiger partial charge in [-0.3, -0.25) is 19.0 Å². The topological polar surface area (TPSA) is 157 Å². The minimum absolute atomic E-state index is 0.118. The zero-order chi connectivity index (χ0) is 32.1. The number of aromatic nitrogens is 4. The summed E-state index contributed by atoms with van der Waals surface area (Å²) in [5, 5.41) is 8.19. The highest BCUT2D eigenvalue weighted by Gasteiger charge is 2.19. The Morgan fingerprint density at radius 2 is 1.69 bits per heavy atom. The first-order chi connectivity index (χ1) is 21.6. The van der Waals surface area contributed by atoms with Crippen molar-refractivity contribution in [1.29, 1.82) is 0 Å². The third-order valence-electron chi connectivity index (χ3n) is 6.69. The molecule has 5 rings (SSSR count). The number of anilines is 2. The fourth-order valence-electron chi connectivity index (χ4n) is 4.89. The molecule has 226 valence electrons. The van der Waals surface area contributed by atoms with E-state index in [0.717, 1.165) is 16.8 Å². The predicted octanol–water partition coefficient (Wildman–Crippen LogP) is 4.90. The second-order valence-electron chi connectivity index (χ2n) is 10.4. The molecule has 0 radical (unpaired) electrons. The van der Waals surface area contributed by atoms with E-state index in [1.54, 1.807) is 25.3 Å². The van der Waals surface area contributed by atoms with E-state index in [0.29, 0.717) is 51.1 Å². The molecule has 0 bridgehead atoms. The van der Waals surface area contributed by atoms with Crippen LogP contribution in [0.25, 0.3) is 39.5 Å². The number of fused-ring (bicyclic) bond motifs is 1. The van der Waals surface area contributed by atoms with Gasteiger partial charge in [-0.1, -0.05) is 30.8 Å². The van der Waals surface area contributed by atoms with E-state index in [9.17, 15) is 14.4 Å². The van der Waals surface area contributed by atoms with Crippen LogP contribution in [0.5, 0.6) is 0 Å². The van der Waals surface area contributed by atoms with Crippen molar-refractivity contribution < 1.29 is 14.4 Å². The predicted molar refractivity (Wildman–Crippen MR) is 175 cm³/mol. The SMILES string of the molecule is C=C(/C=C(\C)NC(C)=O)NC(=O)Cc1ccc(-n2c(-c3cccnc3N)nc3ccc(-c4cccc(NC(C)=O)c4)nc32)cc1. The molecule has 45 heavy (non-hydrogen) atoms. The minimum Gasteiger partial charge on any atom is -0.383 e. The van der Waals surface area contributed by atoms with Crippen LogP contribution in [-0.4, -0.2) is 37.2 Å². The monoisotopic (exact) mass is 600 g/mol. The van der Waals surface area contributed by atoms with Crippen molar-refractivity contribution in [3.63, 3.8) is 0 Å². The summed E-state index contributed by atoms with van der Waals surface area (Å²) in [4.78, 5) is 49.6. The summed E-state index contributed by atoms with van der Waals surface area (Å²) in [7, 11) is 0. The minimum atomic E-state index is -0.246. The van der Waals surface area contributed by atoms with Crippen molar-refractivity contribution in [1.82, 2.24) is 30.2 Å². The van der Waals surface area contributed by atoms with Gasteiger partial charge in [0, 0.05) is 48.4 Å². The molecular weight excluding hydrogens is 568 g/mol. The molecule has 3 heterocycles. The Balaban J connectivity index is 1.49. The molecule has 0 saturated carbocycles. The lowest BCUT2D eigenvalue weighted by Gasteiger charge is -2.12. The first-order valence-electron chi connectivity index (χ1n) is 14.1. The number of pyridine rings is 2. The Kier molecular flexibility index (Phi) is 8.80. The molecule has 11 heteroatoms. The lowest BCUT2D eigenvalue weighted by Crippen LogP contribution is -2.24. The molecule has 0 fully saturated rings. The Labute approximate surface area is 259 Å². The summed E-state index contributed by atoms with van der Waals surface area (Å²) < 4.78 is 1.91. The summed E-state index contributed by atoms with van der Waals surface area (Å²) in [5.74, 6) is 0.283. The van der Waals surface area contributed by atoms with Crippen molar-refractivity contribution >= 4 is 40.4 Å². The number of hydrogen-bond acceptors (Lipinski definition) is 7. The number of amides is 3. The lowest BCUT2D eigenvalue weighted by atomic mass is 10.1. The Bertz CT molecular complexity index is 1980. The van der Waals surface area contributed by atoms with Gasteiger partial charge in [-0.15, -0.1) is 0 Å². The maximum atomic E-state index is 12.7. The molecule has 5 aromatic rings. The standard InChI is InChI=1S/C34H32N8O3/c1-20(37-22(3)43)17-21(2)38-31(45)18-24-10-12-27(13-11-24)42-33(28-9-6-16-36-32(28)35)41-30-15-14-29(40-34(30)42)25-7-5-8-26(19-25)39-23(4)44/h5-17,19H,2,18H2,1,3-4H3,(H2,35,36)(H,37,43)(H,38,45)(H,39,44)/b20-17+. The lowest BCUT2D eigenvalue weighted by molar-refractivity contribution is -0.120. The number of benzene rings is 2. The van der Waals surface area contributed by atoms with Gasteiger partial charge in [0.1, 0.15) is 11.3 Å². The number of carbonyl (C=O) groups excluding carboxylic acids is 3. The average molecular weight is 601 g/mol. The molecule has 0 aliphatic carbocycles. The number of allylic oxidation sites excluding steroid dienone is 2. The molecule has 0 spiro atoms. The number of nitrogens with one attached hydrogen (secondary N) is 3. The number of carbonyl (C=O) groups is 3. The van der Waals surface area contributed by atoms with Gasteiger partial charge in [-0.05, 0) is 67.1 Å². The van der Waals surface area contributed by atoms with Gasteiger partial charge in [0.05, 0.1) is 17.7 Å². The van der Waals surface area contributed by atoms with Crippen molar-refractivity contribution in [2.24, 2.45) is 0 Å². The molecule has 0 atom stereocenters. The molecular formula is C34H32N8O3. The number of imidazole rings is 1. The number of nitrogens with two attached hydrogens (primary N) is 1. The van der Waals surface area contributed by atoms with Crippen molar-refractivity contribution in [2.45, 2.75) is 27.2 Å². The van der Waals surface area contributed by atoms with Gasteiger partial charge in [-0.25, -0.2) is 15.0 Å². The number of rotatable bonds is 9. The van der Waals surface area contributed by atoms with E-state index in [1.165, 1.54) is 13.8 Å². The van der Waals surface area contributed by atoms with Crippen molar-refractivity contribution in [2.75, 3.05) is 11.1 Å². The highest BCUT2D eigenvalue weighted by Crippen LogP contribution is 2.32. The van der Waals surface area contributed by atoms with Crippen molar-refractivity contribution in [3.8, 4) is 28.3 Å². The highest BCUT2D eigenvalue weighted by atomic mass is 16.2. The Morgan fingerprint density at radius 1 is 0.911 bits per heavy atom. The first-order valence-corrected chi connectivity index (χ1v) is 14.1. The van der Waals surface area contributed by atoms with Crippen LogP contribution in [0, 0.1) is 0 Å². The van der Waals surface area contributed by atoms with Crippen LogP contribution in [0.2, 0.25) is 0 Å². The normalized spacial score (nSPS) is 11.2. The van der Waals surface area contributed by atoms with E-state index in [-0.39, 0.29) is 24.1 Å². The van der Waals surface area contributed by atoms with Gasteiger partial charge in [0.25, 0.3) is 0 Å². The summed E-state index contributed by atoms with van der Waals surface area (Å²) in [6, 6.07) is 22.4. The second-order valence-corrected chi connectivity index (χ2v) is 10.4. The maximum Gasteiger partial charge on any atom is 0.228 e. The fourth-order valence-corrected chi connectivity index (χ4v) is 4.89.